The van der Waals surface area contributed by atoms with Crippen LogP contribution in [0.4, 0.5) is 0 Å². The molecule has 5 nitrogen and oxygen atoms in total. The quantitative estimate of drug-likeness (QED) is 0.504. The number of carboxylic acids is 1. The highest BCUT2D eigenvalue weighted by atomic mass is 16.4. The molecule has 4 N–H and O–H groups in total. The molecule has 2 unspecified atom stereocenters. The number of ketones is 1. The van der Waals surface area contributed by atoms with E-state index in [2.05, 4.69) is 0 Å². The van der Waals surface area contributed by atoms with Gasteiger partial charge in [0.25, 0.3) is 0 Å². The van der Waals surface area contributed by atoms with Gasteiger partial charge in [-0.15, -0.1) is 0 Å². The third-order valence-electron chi connectivity index (χ3n) is 1.37. The highest BCUT2D eigenvalue weighted by Crippen LogP contribution is 2.01. The smallest absolute Gasteiger partial charge is 0.320 e. The number of aliphatic carboxylic acids is 1. The molecular formula is C7H13NO4. The number of hydrogen-bond donors (Lipinski definition) is 3. The molecular weight excluding hydrogens is 162 g/mol. The number of nitrogens with two attached hydrogens (primary N) is 1. The fraction of sp³-hybridized carbons (Fsp3) is 0.714. The molecule has 2 atom stereocenters. The van der Waals surface area contributed by atoms with E-state index >= 15 is 0 Å². The molecule has 0 heterocycles. The molecule has 0 amide bonds. The molecule has 5 heteroatoms. The largest absolute Gasteiger partial charge is 0.480 e. The molecule has 0 saturated carbocycles. The first-order valence-corrected chi connectivity index (χ1v) is 3.59. The Morgan fingerprint density at radius 3 is 2.33 bits per heavy atom. The minimum atomic E-state index is -1.17. The highest BCUT2D eigenvalue weighted by molar-refractivity contribution is 5.76. The Kier molecular flexibility index (Phi) is 4.46. The molecule has 0 fully saturated rings. The standard InChI is InChI=1S/C7H13NO4/c1-4(9)2-5(10)3-6(8)7(11)12/h5-6,10H,2-3,8H2,1H3,(H,11,12). The van der Waals surface area contributed by atoms with Crippen LogP contribution >= 0.6 is 0 Å². The second kappa shape index (κ2) is 4.84. The van der Waals surface area contributed by atoms with E-state index in [1.807, 2.05) is 0 Å². The molecule has 70 valence electrons. The van der Waals surface area contributed by atoms with E-state index < -0.39 is 18.1 Å². The van der Waals surface area contributed by atoms with Gasteiger partial charge >= 0.3 is 5.97 Å². The zero-order valence-electron chi connectivity index (χ0n) is 6.86. The summed E-state index contributed by atoms with van der Waals surface area (Å²) >= 11 is 0. The number of aliphatic hydroxyl groups is 1. The monoisotopic (exact) mass is 175 g/mol. The lowest BCUT2D eigenvalue weighted by molar-refractivity contribution is -0.139. The second-order valence-corrected chi connectivity index (χ2v) is 2.74. The van der Waals surface area contributed by atoms with Crippen molar-refractivity contribution in [2.24, 2.45) is 5.73 Å². The van der Waals surface area contributed by atoms with Crippen molar-refractivity contribution in [2.75, 3.05) is 0 Å². The molecule has 0 saturated heterocycles. The molecule has 0 aromatic heterocycles. The van der Waals surface area contributed by atoms with E-state index in [1.165, 1.54) is 6.92 Å². The van der Waals surface area contributed by atoms with Gasteiger partial charge in [-0.3, -0.25) is 9.59 Å². The Labute approximate surface area is 70.2 Å². The maximum absolute atomic E-state index is 10.5. The zero-order chi connectivity index (χ0) is 9.72. The van der Waals surface area contributed by atoms with Crippen LogP contribution in [0.2, 0.25) is 0 Å². The molecule has 12 heavy (non-hydrogen) atoms. The number of carbonyl (C=O) groups is 2. The van der Waals surface area contributed by atoms with Gasteiger partial charge in [-0.05, 0) is 13.3 Å². The summed E-state index contributed by atoms with van der Waals surface area (Å²) in [6.07, 6.45) is -1.08. The average molecular weight is 175 g/mol. The van der Waals surface area contributed by atoms with Crippen molar-refractivity contribution in [3.63, 3.8) is 0 Å². The van der Waals surface area contributed by atoms with E-state index in [1.54, 1.807) is 0 Å². The van der Waals surface area contributed by atoms with Gasteiger partial charge in [-0.25, -0.2) is 0 Å². The average Bonchev–Trinajstić information content (AvgIpc) is 1.84. The van der Waals surface area contributed by atoms with Crippen molar-refractivity contribution < 1.29 is 19.8 Å². The van der Waals surface area contributed by atoms with Crippen molar-refractivity contribution in [1.29, 1.82) is 0 Å². The Morgan fingerprint density at radius 1 is 1.50 bits per heavy atom. The molecule has 0 aromatic rings. The first-order valence-electron chi connectivity index (χ1n) is 3.59. The number of Topliss-reactive ketones (excluding diaryl/α,β-unsaturated/α-hetero) is 1. The van der Waals surface area contributed by atoms with E-state index in [9.17, 15) is 9.59 Å². The first-order chi connectivity index (χ1) is 5.43. The molecule has 0 aromatic carbocycles. The van der Waals surface area contributed by atoms with Gasteiger partial charge < -0.3 is 15.9 Å². The van der Waals surface area contributed by atoms with Crippen LogP contribution in [-0.4, -0.2) is 34.1 Å². The summed E-state index contributed by atoms with van der Waals surface area (Å²) in [5.41, 5.74) is 5.12. The number of carboxylic acid groups (broad SMARTS) is 1. The summed E-state index contributed by atoms with van der Waals surface area (Å²) in [6.45, 7) is 1.33. The van der Waals surface area contributed by atoms with Crippen molar-refractivity contribution >= 4 is 11.8 Å². The van der Waals surface area contributed by atoms with E-state index in [0.717, 1.165) is 0 Å². The van der Waals surface area contributed by atoms with Crippen LogP contribution in [0.25, 0.3) is 0 Å². The van der Waals surface area contributed by atoms with Crippen LogP contribution in [0.3, 0.4) is 0 Å². The van der Waals surface area contributed by atoms with Gasteiger partial charge in [-0.2, -0.15) is 0 Å². The van der Waals surface area contributed by atoms with Gasteiger partial charge in [0.1, 0.15) is 11.8 Å². The lowest BCUT2D eigenvalue weighted by Gasteiger charge is -2.10. The van der Waals surface area contributed by atoms with Crippen molar-refractivity contribution in [3.8, 4) is 0 Å². The Morgan fingerprint density at radius 2 is 2.00 bits per heavy atom. The number of hydrogen-bond acceptors (Lipinski definition) is 4. The third-order valence-corrected chi connectivity index (χ3v) is 1.37. The minimum Gasteiger partial charge on any atom is -0.480 e. The molecule has 0 spiro atoms. The highest BCUT2D eigenvalue weighted by Gasteiger charge is 2.17. The molecule has 0 bridgehead atoms. The Balaban J connectivity index is 3.76. The fourth-order valence-electron chi connectivity index (χ4n) is 0.809. The predicted octanol–water partition coefficient (Wildman–Crippen LogP) is -0.872. The topological polar surface area (TPSA) is 101 Å². The fourth-order valence-corrected chi connectivity index (χ4v) is 0.809. The summed E-state index contributed by atoms with van der Waals surface area (Å²) in [6, 6.07) is -1.10. The molecule has 0 aliphatic carbocycles. The Bertz CT molecular complexity index is 180. The molecule has 0 rings (SSSR count). The van der Waals surface area contributed by atoms with Crippen LogP contribution in [0.15, 0.2) is 0 Å². The summed E-state index contributed by atoms with van der Waals surface area (Å²) in [4.78, 5) is 20.7. The summed E-state index contributed by atoms with van der Waals surface area (Å²) in [5, 5.41) is 17.4. The van der Waals surface area contributed by atoms with Crippen molar-refractivity contribution in [2.45, 2.75) is 31.9 Å². The maximum atomic E-state index is 10.5. The number of rotatable bonds is 5. The predicted molar refractivity (Wildman–Crippen MR) is 41.5 cm³/mol. The molecule has 0 aliphatic heterocycles. The maximum Gasteiger partial charge on any atom is 0.320 e. The van der Waals surface area contributed by atoms with Gasteiger partial charge in [0, 0.05) is 6.42 Å². The van der Waals surface area contributed by atoms with Crippen LogP contribution in [0.5, 0.6) is 0 Å². The van der Waals surface area contributed by atoms with E-state index in [-0.39, 0.29) is 18.6 Å². The van der Waals surface area contributed by atoms with Gasteiger partial charge in [-0.1, -0.05) is 0 Å². The van der Waals surface area contributed by atoms with E-state index in [0.29, 0.717) is 0 Å². The molecule has 0 radical (unpaired) electrons. The Hall–Kier alpha value is -0.940. The first kappa shape index (κ1) is 11.1. The number of carbonyl (C=O) groups excluding carboxylic acids is 1. The normalized spacial score (nSPS) is 15.2. The van der Waals surface area contributed by atoms with Crippen LogP contribution in [0.1, 0.15) is 19.8 Å². The van der Waals surface area contributed by atoms with Gasteiger partial charge in [0.2, 0.25) is 0 Å². The summed E-state index contributed by atoms with van der Waals surface area (Å²) in [7, 11) is 0. The van der Waals surface area contributed by atoms with Crippen LogP contribution in [-0.2, 0) is 9.59 Å². The third kappa shape index (κ3) is 4.81. The molecule has 0 aliphatic rings. The summed E-state index contributed by atoms with van der Waals surface area (Å²) in [5.74, 6) is -1.35. The van der Waals surface area contributed by atoms with Crippen LogP contribution < -0.4 is 5.73 Å². The zero-order valence-corrected chi connectivity index (χ0v) is 6.86. The number of aliphatic hydroxyl groups excluding tert-OH is 1. The minimum absolute atomic E-state index is 0.0407. The van der Waals surface area contributed by atoms with Gasteiger partial charge in [0.05, 0.1) is 6.10 Å². The second-order valence-electron chi connectivity index (χ2n) is 2.74. The lowest BCUT2D eigenvalue weighted by atomic mass is 10.1. The van der Waals surface area contributed by atoms with E-state index in [4.69, 9.17) is 15.9 Å². The SMILES string of the molecule is CC(=O)CC(O)CC(N)C(=O)O. The summed E-state index contributed by atoms with van der Waals surface area (Å²) < 4.78 is 0. The van der Waals surface area contributed by atoms with Crippen LogP contribution in [0, 0.1) is 0 Å². The van der Waals surface area contributed by atoms with Crippen molar-refractivity contribution in [1.82, 2.24) is 0 Å². The van der Waals surface area contributed by atoms with Gasteiger partial charge in [0.15, 0.2) is 0 Å². The van der Waals surface area contributed by atoms with Crippen molar-refractivity contribution in [3.05, 3.63) is 0 Å². The lowest BCUT2D eigenvalue weighted by Crippen LogP contribution is -2.34.